The number of anilines is 1. The number of ether oxygens (including phenoxy) is 1. The molecule has 0 aromatic heterocycles. The zero-order valence-corrected chi connectivity index (χ0v) is 10.4. The van der Waals surface area contributed by atoms with Crippen LogP contribution in [-0.4, -0.2) is 26.2 Å². The first-order valence-electron chi connectivity index (χ1n) is 5.63. The number of rotatable bonds is 5. The summed E-state index contributed by atoms with van der Waals surface area (Å²) < 4.78 is 17.9. The lowest BCUT2D eigenvalue weighted by atomic mass is 10.2. The molecule has 5 heteroatoms. The van der Waals surface area contributed by atoms with Crippen LogP contribution in [0.25, 0.3) is 0 Å². The molecule has 0 unspecified atom stereocenters. The smallest absolute Gasteiger partial charge is 0.325 e. The van der Waals surface area contributed by atoms with Crippen molar-refractivity contribution in [2.75, 3.05) is 25.1 Å². The Kier molecular flexibility index (Phi) is 5.12. The van der Waals surface area contributed by atoms with Gasteiger partial charge in [-0.2, -0.15) is 5.26 Å². The summed E-state index contributed by atoms with van der Waals surface area (Å²) in [6.45, 7) is 2.58. The van der Waals surface area contributed by atoms with E-state index in [1.807, 2.05) is 13.0 Å². The van der Waals surface area contributed by atoms with E-state index in [0.29, 0.717) is 12.2 Å². The Morgan fingerprint density at radius 3 is 2.78 bits per heavy atom. The predicted octanol–water partition coefficient (Wildman–Crippen LogP) is 2.09. The molecule has 0 radical (unpaired) electrons. The molecular formula is C13H15FN2O2. The summed E-state index contributed by atoms with van der Waals surface area (Å²) in [4.78, 5) is 13.0. The van der Waals surface area contributed by atoms with Gasteiger partial charge in [0, 0.05) is 12.2 Å². The molecule has 1 rings (SSSR count). The van der Waals surface area contributed by atoms with Gasteiger partial charge < -0.3 is 9.64 Å². The molecule has 0 heterocycles. The molecular weight excluding hydrogens is 235 g/mol. The van der Waals surface area contributed by atoms with Crippen molar-refractivity contribution >= 4 is 11.7 Å². The van der Waals surface area contributed by atoms with Crippen molar-refractivity contribution in [2.24, 2.45) is 0 Å². The van der Waals surface area contributed by atoms with Crippen molar-refractivity contribution in [1.29, 1.82) is 5.26 Å². The van der Waals surface area contributed by atoms with Crippen LogP contribution >= 0.6 is 0 Å². The van der Waals surface area contributed by atoms with Gasteiger partial charge in [0.25, 0.3) is 0 Å². The fourth-order valence-corrected chi connectivity index (χ4v) is 1.61. The Bertz CT molecular complexity index is 469. The topological polar surface area (TPSA) is 53.3 Å². The molecule has 0 N–H and O–H groups in total. The third-order valence-electron chi connectivity index (χ3n) is 2.42. The van der Waals surface area contributed by atoms with Crippen LogP contribution in [0.3, 0.4) is 0 Å². The number of halogens is 1. The number of carbonyl (C=O) groups is 1. The van der Waals surface area contributed by atoms with Crippen LogP contribution in [0.5, 0.6) is 0 Å². The summed E-state index contributed by atoms with van der Waals surface area (Å²) in [5, 5.41) is 8.80. The predicted molar refractivity (Wildman–Crippen MR) is 65.6 cm³/mol. The first-order chi connectivity index (χ1) is 8.60. The molecule has 0 aliphatic carbocycles. The minimum atomic E-state index is -0.491. The molecule has 4 nitrogen and oxygen atoms in total. The maximum atomic E-state index is 13.3. The second kappa shape index (κ2) is 6.60. The van der Waals surface area contributed by atoms with Gasteiger partial charge in [0.2, 0.25) is 0 Å². The van der Waals surface area contributed by atoms with Crippen LogP contribution in [0.2, 0.25) is 0 Å². The zero-order chi connectivity index (χ0) is 13.5. The van der Waals surface area contributed by atoms with E-state index < -0.39 is 11.8 Å². The number of nitriles is 1. The van der Waals surface area contributed by atoms with Gasteiger partial charge in [-0.15, -0.1) is 0 Å². The van der Waals surface area contributed by atoms with Crippen LogP contribution in [0.4, 0.5) is 10.1 Å². The molecule has 0 saturated heterocycles. The largest absolute Gasteiger partial charge is 0.468 e. The van der Waals surface area contributed by atoms with Gasteiger partial charge in [-0.05, 0) is 24.6 Å². The molecule has 0 spiro atoms. The average molecular weight is 250 g/mol. The quantitative estimate of drug-likeness (QED) is 0.751. The average Bonchev–Trinajstić information content (AvgIpc) is 2.37. The van der Waals surface area contributed by atoms with Crippen LogP contribution < -0.4 is 4.90 Å². The van der Waals surface area contributed by atoms with E-state index in [1.54, 1.807) is 11.0 Å². The van der Waals surface area contributed by atoms with Crippen LogP contribution in [-0.2, 0) is 9.53 Å². The van der Waals surface area contributed by atoms with Crippen molar-refractivity contribution < 1.29 is 13.9 Å². The van der Waals surface area contributed by atoms with Gasteiger partial charge in [-0.25, -0.2) is 4.39 Å². The molecule has 0 bridgehead atoms. The van der Waals surface area contributed by atoms with Crippen molar-refractivity contribution in [3.63, 3.8) is 0 Å². The van der Waals surface area contributed by atoms with E-state index in [-0.39, 0.29) is 12.1 Å². The minimum Gasteiger partial charge on any atom is -0.468 e. The van der Waals surface area contributed by atoms with Gasteiger partial charge in [-0.3, -0.25) is 4.79 Å². The van der Waals surface area contributed by atoms with E-state index in [1.165, 1.54) is 13.2 Å². The highest BCUT2D eigenvalue weighted by Crippen LogP contribution is 2.18. The number of carbonyl (C=O) groups excluding carboxylic acids is 1. The third kappa shape index (κ3) is 3.74. The Hall–Kier alpha value is -2.09. The Balaban J connectivity index is 3.01. The summed E-state index contributed by atoms with van der Waals surface area (Å²) in [6.07, 6.45) is 0.801. The monoisotopic (exact) mass is 250 g/mol. The molecule has 1 aromatic carbocycles. The summed E-state index contributed by atoms with van der Waals surface area (Å²) in [5.74, 6) is -0.888. The third-order valence-corrected chi connectivity index (χ3v) is 2.42. The number of hydrogen-bond donors (Lipinski definition) is 0. The van der Waals surface area contributed by atoms with Crippen LogP contribution in [0.15, 0.2) is 18.2 Å². The summed E-state index contributed by atoms with van der Waals surface area (Å²) >= 11 is 0. The first kappa shape index (κ1) is 14.0. The van der Waals surface area contributed by atoms with E-state index in [2.05, 4.69) is 4.74 Å². The van der Waals surface area contributed by atoms with Gasteiger partial charge in [0.1, 0.15) is 12.4 Å². The molecule has 18 heavy (non-hydrogen) atoms. The highest BCUT2D eigenvalue weighted by molar-refractivity contribution is 5.75. The van der Waals surface area contributed by atoms with Crippen LogP contribution in [0.1, 0.15) is 18.9 Å². The lowest BCUT2D eigenvalue weighted by molar-refractivity contribution is -0.138. The highest BCUT2D eigenvalue weighted by Gasteiger charge is 2.13. The van der Waals surface area contributed by atoms with Gasteiger partial charge >= 0.3 is 5.97 Å². The summed E-state index contributed by atoms with van der Waals surface area (Å²) in [5.41, 5.74) is 0.745. The van der Waals surface area contributed by atoms with Gasteiger partial charge in [0.15, 0.2) is 0 Å². The summed E-state index contributed by atoms with van der Waals surface area (Å²) in [6, 6.07) is 5.91. The molecule has 0 amide bonds. The van der Waals surface area contributed by atoms with E-state index in [4.69, 9.17) is 5.26 Å². The van der Waals surface area contributed by atoms with Gasteiger partial charge in [0.05, 0.1) is 18.7 Å². The van der Waals surface area contributed by atoms with E-state index in [9.17, 15) is 9.18 Å². The fraction of sp³-hybridized carbons (Fsp3) is 0.385. The summed E-state index contributed by atoms with van der Waals surface area (Å²) in [7, 11) is 1.30. The molecule has 0 saturated carbocycles. The molecule has 1 aromatic rings. The maximum Gasteiger partial charge on any atom is 0.325 e. The molecule has 0 fully saturated rings. The molecule has 96 valence electrons. The number of hydrogen-bond acceptors (Lipinski definition) is 4. The fourth-order valence-electron chi connectivity index (χ4n) is 1.61. The molecule has 0 aliphatic heterocycles. The second-order valence-electron chi connectivity index (χ2n) is 3.81. The second-order valence-corrected chi connectivity index (χ2v) is 3.81. The number of benzene rings is 1. The molecule has 0 atom stereocenters. The highest BCUT2D eigenvalue weighted by atomic mass is 19.1. The number of esters is 1. The lowest BCUT2D eigenvalue weighted by Gasteiger charge is -2.23. The zero-order valence-electron chi connectivity index (χ0n) is 10.4. The minimum absolute atomic E-state index is 0.0403. The standard InChI is InChI=1S/C13H15FN2O2/c1-3-4-16(9-13(17)18-2)12-6-10(8-15)5-11(14)7-12/h5-7H,3-4,9H2,1-2H3. The Morgan fingerprint density at radius 2 is 2.22 bits per heavy atom. The Morgan fingerprint density at radius 1 is 1.50 bits per heavy atom. The van der Waals surface area contributed by atoms with Crippen molar-refractivity contribution in [3.8, 4) is 6.07 Å². The van der Waals surface area contributed by atoms with Crippen molar-refractivity contribution in [3.05, 3.63) is 29.6 Å². The van der Waals surface area contributed by atoms with Crippen molar-refractivity contribution in [1.82, 2.24) is 0 Å². The normalized spacial score (nSPS) is 9.67. The van der Waals surface area contributed by atoms with E-state index >= 15 is 0 Å². The maximum absolute atomic E-state index is 13.3. The Labute approximate surface area is 106 Å². The van der Waals surface area contributed by atoms with Gasteiger partial charge in [-0.1, -0.05) is 6.92 Å². The van der Waals surface area contributed by atoms with Crippen molar-refractivity contribution in [2.45, 2.75) is 13.3 Å². The van der Waals surface area contributed by atoms with E-state index in [0.717, 1.165) is 12.5 Å². The molecule has 0 aliphatic rings. The van der Waals surface area contributed by atoms with Crippen LogP contribution in [0, 0.1) is 17.1 Å². The SMILES string of the molecule is CCCN(CC(=O)OC)c1cc(F)cc(C#N)c1. The lowest BCUT2D eigenvalue weighted by Crippen LogP contribution is -2.31. The first-order valence-corrected chi connectivity index (χ1v) is 5.63. The number of nitrogens with zero attached hydrogens (tertiary/aromatic N) is 2. The number of methoxy groups -OCH3 is 1.